The summed E-state index contributed by atoms with van der Waals surface area (Å²) in [5.41, 5.74) is 3.26. The van der Waals surface area contributed by atoms with Crippen LogP contribution in [0.15, 0.2) is 64.4 Å². The fourth-order valence-electron chi connectivity index (χ4n) is 3.69. The molecule has 0 aliphatic heterocycles. The Balaban J connectivity index is 1.56. The molecule has 0 spiro atoms. The lowest BCUT2D eigenvalue weighted by Crippen LogP contribution is -2.26. The van der Waals surface area contributed by atoms with Crippen LogP contribution in [-0.4, -0.2) is 40.8 Å². The third kappa shape index (κ3) is 3.71. The Hall–Kier alpha value is -3.41. The Bertz CT molecular complexity index is 1640. The summed E-state index contributed by atoms with van der Waals surface area (Å²) in [6, 6.07) is 12.5. The summed E-state index contributed by atoms with van der Waals surface area (Å²) in [5.74, 6) is -0.135. The molecule has 0 saturated heterocycles. The van der Waals surface area contributed by atoms with Crippen LogP contribution in [0.2, 0.25) is 0 Å². The van der Waals surface area contributed by atoms with Gasteiger partial charge in [0.15, 0.2) is 9.86 Å². The van der Waals surface area contributed by atoms with E-state index >= 15 is 0 Å². The van der Waals surface area contributed by atoms with Crippen molar-refractivity contribution in [1.29, 1.82) is 0 Å². The fourth-order valence-corrected chi connectivity index (χ4v) is 7.19. The van der Waals surface area contributed by atoms with Crippen LogP contribution in [0.3, 0.4) is 0 Å². The van der Waals surface area contributed by atoms with Crippen LogP contribution < -0.4 is 4.31 Å². The number of fused-ring (bicyclic) bond motifs is 1. The van der Waals surface area contributed by atoms with Gasteiger partial charge in [-0.1, -0.05) is 18.2 Å². The molecule has 1 aromatic carbocycles. The van der Waals surface area contributed by atoms with Crippen LogP contribution in [-0.2, 0) is 10.0 Å². The van der Waals surface area contributed by atoms with Gasteiger partial charge >= 0.3 is 0 Å². The van der Waals surface area contributed by atoms with Crippen molar-refractivity contribution >= 4 is 49.8 Å². The molecule has 5 rings (SSSR count). The molecule has 34 heavy (non-hydrogen) atoms. The second-order valence-corrected chi connectivity index (χ2v) is 11.9. The SMILES string of the molecule is Cc1nc(C)c(S(=O)(=O)N(C)c2cccc(-c3ccnc4c(C(=O)c5cccs5)cnn34)c2)s1. The summed E-state index contributed by atoms with van der Waals surface area (Å²) in [6.07, 6.45) is 3.14. The molecule has 4 aromatic heterocycles. The molecule has 0 fully saturated rings. The number of thiazole rings is 1. The van der Waals surface area contributed by atoms with Gasteiger partial charge in [0, 0.05) is 18.8 Å². The van der Waals surface area contributed by atoms with Gasteiger partial charge in [-0.25, -0.2) is 22.9 Å². The lowest BCUT2D eigenvalue weighted by molar-refractivity contribution is 0.104. The second kappa shape index (κ2) is 8.42. The number of sulfonamides is 1. The Morgan fingerprint density at radius 3 is 2.65 bits per heavy atom. The van der Waals surface area contributed by atoms with Gasteiger partial charge in [-0.2, -0.15) is 5.10 Å². The highest BCUT2D eigenvalue weighted by molar-refractivity contribution is 7.94. The summed E-state index contributed by atoms with van der Waals surface area (Å²) in [7, 11) is -2.24. The Kier molecular flexibility index (Phi) is 5.54. The molecule has 8 nitrogen and oxygen atoms in total. The number of rotatable bonds is 6. The van der Waals surface area contributed by atoms with Crippen LogP contribution in [0.4, 0.5) is 5.69 Å². The van der Waals surface area contributed by atoms with E-state index in [0.717, 1.165) is 16.9 Å². The third-order valence-electron chi connectivity index (χ3n) is 5.35. The summed E-state index contributed by atoms with van der Waals surface area (Å²) >= 11 is 2.52. The number of thiophene rings is 1. The van der Waals surface area contributed by atoms with Crippen molar-refractivity contribution in [2.24, 2.45) is 0 Å². The van der Waals surface area contributed by atoms with E-state index in [1.54, 1.807) is 54.9 Å². The van der Waals surface area contributed by atoms with Crippen LogP contribution in [0.25, 0.3) is 16.9 Å². The molecule has 0 saturated carbocycles. The van der Waals surface area contributed by atoms with E-state index in [0.29, 0.717) is 38.2 Å². The Morgan fingerprint density at radius 2 is 1.94 bits per heavy atom. The van der Waals surface area contributed by atoms with Crippen molar-refractivity contribution in [1.82, 2.24) is 19.6 Å². The number of hydrogen-bond acceptors (Lipinski definition) is 8. The minimum absolute atomic E-state index is 0.135. The number of carbonyl (C=O) groups is 1. The van der Waals surface area contributed by atoms with Crippen molar-refractivity contribution < 1.29 is 13.2 Å². The van der Waals surface area contributed by atoms with Crippen molar-refractivity contribution in [3.8, 4) is 11.3 Å². The lowest BCUT2D eigenvalue weighted by Gasteiger charge is -2.19. The topological polar surface area (TPSA) is 97.5 Å². The molecule has 0 bridgehead atoms. The minimum atomic E-state index is -3.76. The summed E-state index contributed by atoms with van der Waals surface area (Å²) in [4.78, 5) is 22.1. The van der Waals surface area contributed by atoms with E-state index in [4.69, 9.17) is 0 Å². The van der Waals surface area contributed by atoms with Crippen LogP contribution in [0, 0.1) is 13.8 Å². The average molecular weight is 510 g/mol. The zero-order valence-corrected chi connectivity index (χ0v) is 20.9. The number of anilines is 1. The molecule has 0 amide bonds. The number of aryl methyl sites for hydroxylation is 2. The number of hydrogen-bond donors (Lipinski definition) is 0. The molecule has 5 aromatic rings. The highest BCUT2D eigenvalue weighted by Gasteiger charge is 2.27. The smallest absolute Gasteiger partial charge is 0.275 e. The first-order chi connectivity index (χ1) is 16.3. The van der Waals surface area contributed by atoms with Crippen LogP contribution >= 0.6 is 22.7 Å². The van der Waals surface area contributed by atoms with E-state index in [9.17, 15) is 13.2 Å². The molecule has 0 N–H and O–H groups in total. The predicted molar refractivity (Wildman–Crippen MR) is 133 cm³/mol. The van der Waals surface area contributed by atoms with E-state index < -0.39 is 10.0 Å². The average Bonchev–Trinajstić information content (AvgIpc) is 3.58. The zero-order valence-electron chi connectivity index (χ0n) is 18.5. The van der Waals surface area contributed by atoms with E-state index in [-0.39, 0.29) is 9.99 Å². The number of aromatic nitrogens is 4. The van der Waals surface area contributed by atoms with Gasteiger partial charge in [-0.05, 0) is 43.5 Å². The maximum atomic E-state index is 13.3. The first-order valence-electron chi connectivity index (χ1n) is 10.2. The molecular formula is C23H19N5O3S3. The quantitative estimate of drug-likeness (QED) is 0.311. The van der Waals surface area contributed by atoms with Gasteiger partial charge in [0.2, 0.25) is 5.78 Å². The summed E-state index contributed by atoms with van der Waals surface area (Å²) in [6.45, 7) is 3.48. The molecule has 172 valence electrons. The number of carbonyl (C=O) groups excluding carboxylic acids is 1. The van der Waals surface area contributed by atoms with Gasteiger partial charge in [0.25, 0.3) is 10.0 Å². The van der Waals surface area contributed by atoms with Gasteiger partial charge in [0.05, 0.1) is 38.7 Å². The van der Waals surface area contributed by atoms with Gasteiger partial charge in [-0.3, -0.25) is 9.10 Å². The first kappa shape index (κ1) is 22.4. The second-order valence-electron chi connectivity index (χ2n) is 7.56. The molecule has 0 atom stereocenters. The van der Waals surface area contributed by atoms with E-state index in [1.165, 1.54) is 28.9 Å². The van der Waals surface area contributed by atoms with Crippen LogP contribution in [0.1, 0.15) is 25.9 Å². The largest absolute Gasteiger partial charge is 0.287 e. The minimum Gasteiger partial charge on any atom is -0.287 e. The lowest BCUT2D eigenvalue weighted by atomic mass is 10.1. The maximum Gasteiger partial charge on any atom is 0.275 e. The molecule has 0 aliphatic rings. The number of benzene rings is 1. The highest BCUT2D eigenvalue weighted by Crippen LogP contribution is 2.31. The van der Waals surface area contributed by atoms with Crippen molar-refractivity contribution in [3.63, 3.8) is 0 Å². The highest BCUT2D eigenvalue weighted by atomic mass is 32.2. The molecule has 0 radical (unpaired) electrons. The Labute approximate surface area is 204 Å². The van der Waals surface area contributed by atoms with Crippen molar-refractivity contribution in [2.75, 3.05) is 11.4 Å². The third-order valence-corrected chi connectivity index (χ3v) is 9.67. The van der Waals surface area contributed by atoms with Gasteiger partial charge in [0.1, 0.15) is 0 Å². The van der Waals surface area contributed by atoms with Crippen LogP contribution in [0.5, 0.6) is 0 Å². The number of ketones is 1. The van der Waals surface area contributed by atoms with E-state index in [1.807, 2.05) is 17.5 Å². The zero-order chi connectivity index (χ0) is 24.0. The monoisotopic (exact) mass is 509 g/mol. The van der Waals surface area contributed by atoms with Crippen molar-refractivity contribution in [2.45, 2.75) is 18.1 Å². The molecule has 4 heterocycles. The number of nitrogens with zero attached hydrogens (tertiary/aromatic N) is 5. The summed E-state index contributed by atoms with van der Waals surface area (Å²) < 4.78 is 29.6. The van der Waals surface area contributed by atoms with E-state index in [2.05, 4.69) is 15.1 Å². The molecule has 11 heteroatoms. The maximum absolute atomic E-state index is 13.3. The summed E-state index contributed by atoms with van der Waals surface area (Å²) in [5, 5.41) is 6.96. The normalized spacial score (nSPS) is 11.7. The molecular weight excluding hydrogens is 490 g/mol. The predicted octanol–water partition coefficient (Wildman–Crippen LogP) is 4.59. The Morgan fingerprint density at radius 1 is 1.12 bits per heavy atom. The first-order valence-corrected chi connectivity index (χ1v) is 13.4. The fraction of sp³-hybridized carbons (Fsp3) is 0.130. The van der Waals surface area contributed by atoms with Crippen molar-refractivity contribution in [3.05, 3.63) is 81.4 Å². The standard InChI is InChI=1S/C23H19N5O3S3/c1-14-23(33-15(2)26-14)34(30,31)27(3)17-7-4-6-16(12-17)19-9-10-24-22-18(13-25-28(19)22)21(29)20-8-5-11-32-20/h4-13H,1-3H3. The van der Waals surface area contributed by atoms with Gasteiger partial charge in [-0.15, -0.1) is 22.7 Å². The van der Waals surface area contributed by atoms with Gasteiger partial charge < -0.3 is 0 Å². The molecule has 0 unspecified atom stereocenters. The molecule has 0 aliphatic carbocycles.